The van der Waals surface area contributed by atoms with E-state index in [1.165, 1.54) is 0 Å². The summed E-state index contributed by atoms with van der Waals surface area (Å²) in [6.45, 7) is 5.23. The van der Waals surface area contributed by atoms with Gasteiger partial charge in [0.15, 0.2) is 0 Å². The fraction of sp³-hybridized carbons (Fsp3) is 0.571. The van der Waals surface area contributed by atoms with Crippen LogP contribution in [0.1, 0.15) is 17.5 Å². The van der Waals surface area contributed by atoms with Crippen LogP contribution < -0.4 is 5.73 Å². The molecule has 0 radical (unpaired) electrons. The molecule has 0 aliphatic carbocycles. The normalized spacial score (nSPS) is 20.4. The number of ether oxygens (including phenoxy) is 1. The third-order valence-electron chi connectivity index (χ3n) is 3.89. The first kappa shape index (κ1) is 15.3. The van der Waals surface area contributed by atoms with Crippen LogP contribution in [0.2, 0.25) is 0 Å². The Hall–Kier alpha value is -1.11. The summed E-state index contributed by atoms with van der Waals surface area (Å²) in [7, 11) is -1.83. The van der Waals surface area contributed by atoms with Gasteiger partial charge in [-0.25, -0.2) is 8.42 Å². The number of aryl methyl sites for hydroxylation is 1. The van der Waals surface area contributed by atoms with E-state index >= 15 is 0 Å². The van der Waals surface area contributed by atoms with Gasteiger partial charge in [0.05, 0.1) is 11.5 Å². The Morgan fingerprint density at radius 2 is 2.10 bits per heavy atom. The summed E-state index contributed by atoms with van der Waals surface area (Å²) in [6, 6.07) is 3.51. The van der Waals surface area contributed by atoms with Gasteiger partial charge in [0.2, 0.25) is 10.0 Å². The Bertz CT molecular complexity index is 599. The van der Waals surface area contributed by atoms with Crippen molar-refractivity contribution in [2.45, 2.75) is 25.2 Å². The van der Waals surface area contributed by atoms with Crippen molar-refractivity contribution in [1.82, 2.24) is 4.31 Å². The van der Waals surface area contributed by atoms with Crippen molar-refractivity contribution in [3.8, 4) is 0 Å². The lowest BCUT2D eigenvalue weighted by atomic mass is 10.1. The lowest BCUT2D eigenvalue weighted by Crippen LogP contribution is -2.30. The number of nitrogens with two attached hydrogens (primary N) is 1. The van der Waals surface area contributed by atoms with E-state index in [2.05, 4.69) is 0 Å². The third-order valence-corrected chi connectivity index (χ3v) is 6.05. The van der Waals surface area contributed by atoms with Gasteiger partial charge in [-0.3, -0.25) is 0 Å². The standard InChI is InChI=1S/C14H22N2O3S/c1-10-4-5-13(15)11(2)14(10)20(17,18)16-7-6-12(8-16)9-19-3/h4-5,12H,6-9,15H2,1-3H3. The first-order chi connectivity index (χ1) is 9.37. The topological polar surface area (TPSA) is 72.6 Å². The van der Waals surface area contributed by atoms with Crippen LogP contribution in [-0.2, 0) is 14.8 Å². The average molecular weight is 298 g/mol. The molecule has 0 bridgehead atoms. The van der Waals surface area contributed by atoms with Crippen LogP contribution in [0.4, 0.5) is 5.69 Å². The highest BCUT2D eigenvalue weighted by molar-refractivity contribution is 7.89. The second kappa shape index (κ2) is 5.71. The average Bonchev–Trinajstić information content (AvgIpc) is 2.84. The van der Waals surface area contributed by atoms with Crippen molar-refractivity contribution in [3.63, 3.8) is 0 Å². The van der Waals surface area contributed by atoms with Crippen LogP contribution in [-0.4, -0.2) is 39.5 Å². The number of benzene rings is 1. The molecule has 1 saturated heterocycles. The van der Waals surface area contributed by atoms with Crippen molar-refractivity contribution < 1.29 is 13.2 Å². The summed E-state index contributed by atoms with van der Waals surface area (Å²) in [5, 5.41) is 0. The van der Waals surface area contributed by atoms with Crippen molar-refractivity contribution in [2.24, 2.45) is 5.92 Å². The molecule has 0 aromatic heterocycles. The molecule has 2 rings (SSSR count). The van der Waals surface area contributed by atoms with Gasteiger partial charge in [0.1, 0.15) is 0 Å². The van der Waals surface area contributed by atoms with Crippen LogP contribution in [0, 0.1) is 19.8 Å². The van der Waals surface area contributed by atoms with E-state index in [1.54, 1.807) is 30.5 Å². The Kier molecular flexibility index (Phi) is 4.36. The minimum atomic E-state index is -3.48. The van der Waals surface area contributed by atoms with E-state index < -0.39 is 10.0 Å². The number of methoxy groups -OCH3 is 1. The molecule has 20 heavy (non-hydrogen) atoms. The maximum absolute atomic E-state index is 12.8. The first-order valence-electron chi connectivity index (χ1n) is 6.72. The van der Waals surface area contributed by atoms with E-state index in [0.29, 0.717) is 35.8 Å². The third kappa shape index (κ3) is 2.68. The number of anilines is 1. The molecule has 0 spiro atoms. The molecule has 1 aliphatic heterocycles. The smallest absolute Gasteiger partial charge is 0.243 e. The zero-order chi connectivity index (χ0) is 14.9. The monoisotopic (exact) mass is 298 g/mol. The quantitative estimate of drug-likeness (QED) is 0.856. The van der Waals surface area contributed by atoms with Crippen LogP contribution in [0.5, 0.6) is 0 Å². The lowest BCUT2D eigenvalue weighted by Gasteiger charge is -2.20. The minimum absolute atomic E-state index is 0.274. The summed E-state index contributed by atoms with van der Waals surface area (Å²) in [6.07, 6.45) is 0.841. The molecule has 0 amide bonds. The van der Waals surface area contributed by atoms with Crippen molar-refractivity contribution in [1.29, 1.82) is 0 Å². The Morgan fingerprint density at radius 1 is 1.40 bits per heavy atom. The van der Waals surface area contributed by atoms with E-state index in [-0.39, 0.29) is 5.92 Å². The molecule has 5 nitrogen and oxygen atoms in total. The molecule has 1 unspecified atom stereocenters. The SMILES string of the molecule is COCC1CCN(S(=O)(=O)c2c(C)ccc(N)c2C)C1. The highest BCUT2D eigenvalue weighted by Gasteiger charge is 2.34. The van der Waals surface area contributed by atoms with Gasteiger partial charge in [-0.1, -0.05) is 6.07 Å². The largest absolute Gasteiger partial charge is 0.398 e. The van der Waals surface area contributed by atoms with Crippen molar-refractivity contribution in [2.75, 3.05) is 32.5 Å². The molecular weight excluding hydrogens is 276 g/mol. The molecule has 2 N–H and O–H groups in total. The second-order valence-electron chi connectivity index (χ2n) is 5.40. The number of rotatable bonds is 4. The molecule has 1 aliphatic rings. The highest BCUT2D eigenvalue weighted by Crippen LogP contribution is 2.30. The second-order valence-corrected chi connectivity index (χ2v) is 7.27. The molecule has 1 atom stereocenters. The molecule has 1 heterocycles. The molecule has 6 heteroatoms. The van der Waals surface area contributed by atoms with E-state index in [0.717, 1.165) is 12.0 Å². The summed E-state index contributed by atoms with van der Waals surface area (Å²) < 4.78 is 32.3. The van der Waals surface area contributed by atoms with Gasteiger partial charge in [0.25, 0.3) is 0 Å². The molecular formula is C14H22N2O3S. The summed E-state index contributed by atoms with van der Waals surface area (Å²) in [5.41, 5.74) is 7.75. The van der Waals surface area contributed by atoms with Crippen LogP contribution in [0.3, 0.4) is 0 Å². The van der Waals surface area contributed by atoms with Gasteiger partial charge >= 0.3 is 0 Å². The van der Waals surface area contributed by atoms with Crippen LogP contribution in [0.15, 0.2) is 17.0 Å². The van der Waals surface area contributed by atoms with Crippen LogP contribution in [0.25, 0.3) is 0 Å². The van der Waals surface area contributed by atoms with Gasteiger partial charge in [-0.05, 0) is 43.4 Å². The van der Waals surface area contributed by atoms with E-state index in [4.69, 9.17) is 10.5 Å². The number of hydrogen-bond acceptors (Lipinski definition) is 4. The Labute approximate surface area is 120 Å². The molecule has 1 fully saturated rings. The zero-order valence-electron chi connectivity index (χ0n) is 12.2. The number of hydrogen-bond donors (Lipinski definition) is 1. The Balaban J connectivity index is 2.35. The maximum atomic E-state index is 12.8. The van der Waals surface area contributed by atoms with Gasteiger partial charge in [-0.2, -0.15) is 4.31 Å². The van der Waals surface area contributed by atoms with Crippen LogP contribution >= 0.6 is 0 Å². The summed E-state index contributed by atoms with van der Waals surface area (Å²) >= 11 is 0. The Morgan fingerprint density at radius 3 is 2.75 bits per heavy atom. The molecule has 1 aromatic carbocycles. The van der Waals surface area contributed by atoms with Crippen molar-refractivity contribution in [3.05, 3.63) is 23.3 Å². The predicted molar refractivity (Wildman–Crippen MR) is 79.1 cm³/mol. The van der Waals surface area contributed by atoms with Crippen molar-refractivity contribution >= 4 is 15.7 Å². The van der Waals surface area contributed by atoms with Gasteiger partial charge < -0.3 is 10.5 Å². The summed E-state index contributed by atoms with van der Waals surface area (Å²) in [5.74, 6) is 0.274. The van der Waals surface area contributed by atoms with Gasteiger partial charge in [-0.15, -0.1) is 0 Å². The molecule has 1 aromatic rings. The number of nitrogens with zero attached hydrogens (tertiary/aromatic N) is 1. The zero-order valence-corrected chi connectivity index (χ0v) is 13.0. The molecule has 0 saturated carbocycles. The fourth-order valence-corrected chi connectivity index (χ4v) is 4.75. The highest BCUT2D eigenvalue weighted by atomic mass is 32.2. The summed E-state index contributed by atoms with van der Waals surface area (Å²) in [4.78, 5) is 0.357. The lowest BCUT2D eigenvalue weighted by molar-refractivity contribution is 0.157. The van der Waals surface area contributed by atoms with Gasteiger partial charge in [0, 0.05) is 25.9 Å². The minimum Gasteiger partial charge on any atom is -0.398 e. The molecule has 112 valence electrons. The van der Waals surface area contributed by atoms with E-state index in [1.807, 2.05) is 6.92 Å². The first-order valence-corrected chi connectivity index (χ1v) is 8.16. The predicted octanol–water partition coefficient (Wildman–Crippen LogP) is 1.54. The number of nitrogen functional groups attached to an aromatic ring is 1. The van der Waals surface area contributed by atoms with E-state index in [9.17, 15) is 8.42 Å². The maximum Gasteiger partial charge on any atom is 0.243 e. The number of sulfonamides is 1. The fourth-order valence-electron chi connectivity index (χ4n) is 2.76.